The number of hydrogen-bond acceptors (Lipinski definition) is 4. The van der Waals surface area contributed by atoms with Gasteiger partial charge in [-0.15, -0.1) is 0 Å². The van der Waals surface area contributed by atoms with Gasteiger partial charge in [0.1, 0.15) is 0 Å². The van der Waals surface area contributed by atoms with Crippen molar-refractivity contribution in [2.45, 2.75) is 40.8 Å². The van der Waals surface area contributed by atoms with Crippen molar-refractivity contribution < 1.29 is 14.4 Å². The first-order valence-electron chi connectivity index (χ1n) is 10.1. The molecule has 0 saturated carbocycles. The van der Waals surface area contributed by atoms with Gasteiger partial charge in [0.25, 0.3) is 5.91 Å². The van der Waals surface area contributed by atoms with Crippen LogP contribution in [0.5, 0.6) is 0 Å². The van der Waals surface area contributed by atoms with E-state index in [1.165, 1.54) is 19.4 Å². The number of carbonyl (C=O) groups excluding carboxylic acids is 3. The Bertz CT molecular complexity index is 856. The third-order valence-corrected chi connectivity index (χ3v) is 4.61. The van der Waals surface area contributed by atoms with E-state index < -0.39 is 0 Å². The lowest BCUT2D eigenvalue weighted by Gasteiger charge is -2.18. The van der Waals surface area contributed by atoms with E-state index >= 15 is 0 Å². The molecule has 0 heterocycles. The van der Waals surface area contributed by atoms with Gasteiger partial charge in [-0.25, -0.2) is 0 Å². The average Bonchev–Trinajstić information content (AvgIpc) is 2.69. The number of anilines is 2. The van der Waals surface area contributed by atoms with Gasteiger partial charge in [0.15, 0.2) is 0 Å². The highest BCUT2D eigenvalue weighted by Crippen LogP contribution is 2.19. The van der Waals surface area contributed by atoms with Crippen LogP contribution in [0.25, 0.3) is 0 Å². The molecular formula is C23H30N4O3. The third kappa shape index (κ3) is 7.33. The standard InChI is InChI=1S/C23H30N4O3/c1-5-27(6-2)15-19-9-7-18(8-10-19)14-24-23(30)20-11-21(25-16(3)28)13-22(12-20)26-17(4)29/h7-13H,5-6,14-15H2,1-4H3,(H,24,30)(H,25,28)(H,26,29). The molecule has 0 spiro atoms. The van der Waals surface area contributed by atoms with Gasteiger partial charge in [-0.3, -0.25) is 19.3 Å². The maximum Gasteiger partial charge on any atom is 0.251 e. The molecule has 0 radical (unpaired) electrons. The molecule has 0 aromatic heterocycles. The van der Waals surface area contributed by atoms with Gasteiger partial charge in [0.05, 0.1) is 0 Å². The van der Waals surface area contributed by atoms with E-state index in [0.29, 0.717) is 23.5 Å². The summed E-state index contributed by atoms with van der Waals surface area (Å²) in [6.07, 6.45) is 0. The van der Waals surface area contributed by atoms with E-state index in [0.717, 1.165) is 25.2 Å². The van der Waals surface area contributed by atoms with Crippen molar-refractivity contribution in [1.82, 2.24) is 10.2 Å². The molecule has 2 rings (SSSR count). The Kier molecular flexibility index (Phi) is 8.55. The zero-order chi connectivity index (χ0) is 22.1. The minimum atomic E-state index is -0.291. The highest BCUT2D eigenvalue weighted by Gasteiger charge is 2.11. The van der Waals surface area contributed by atoms with Crippen molar-refractivity contribution in [3.63, 3.8) is 0 Å². The molecule has 0 saturated heterocycles. The number of nitrogens with zero attached hydrogens (tertiary/aromatic N) is 1. The van der Waals surface area contributed by atoms with Gasteiger partial charge < -0.3 is 16.0 Å². The summed E-state index contributed by atoms with van der Waals surface area (Å²) < 4.78 is 0. The van der Waals surface area contributed by atoms with Crippen LogP contribution in [0.4, 0.5) is 11.4 Å². The van der Waals surface area contributed by atoms with Crippen molar-refractivity contribution in [3.8, 4) is 0 Å². The lowest BCUT2D eigenvalue weighted by atomic mass is 10.1. The molecule has 0 atom stereocenters. The SMILES string of the molecule is CCN(CC)Cc1ccc(CNC(=O)c2cc(NC(C)=O)cc(NC(C)=O)c2)cc1. The highest BCUT2D eigenvalue weighted by molar-refractivity contribution is 5.99. The van der Waals surface area contributed by atoms with Crippen molar-refractivity contribution in [3.05, 3.63) is 59.2 Å². The van der Waals surface area contributed by atoms with Crippen molar-refractivity contribution >= 4 is 29.1 Å². The summed E-state index contributed by atoms with van der Waals surface area (Å²) in [4.78, 5) is 37.7. The molecule has 0 aliphatic rings. The Morgan fingerprint density at radius 1 is 0.800 bits per heavy atom. The molecule has 0 fully saturated rings. The summed E-state index contributed by atoms with van der Waals surface area (Å²) in [7, 11) is 0. The third-order valence-electron chi connectivity index (χ3n) is 4.61. The van der Waals surface area contributed by atoms with Gasteiger partial charge in [0.2, 0.25) is 11.8 Å². The number of amides is 3. The zero-order valence-electron chi connectivity index (χ0n) is 18.0. The maximum atomic E-state index is 12.6. The predicted octanol–water partition coefficient (Wildman–Crippen LogP) is 3.38. The summed E-state index contributed by atoms with van der Waals surface area (Å²) in [5, 5.41) is 8.17. The molecule has 7 nitrogen and oxygen atoms in total. The first kappa shape index (κ1) is 23.1. The Labute approximate surface area is 177 Å². The largest absolute Gasteiger partial charge is 0.348 e. The van der Waals surface area contributed by atoms with Gasteiger partial charge in [0, 0.05) is 43.9 Å². The van der Waals surface area contributed by atoms with E-state index in [2.05, 4.69) is 46.8 Å². The van der Waals surface area contributed by atoms with E-state index in [-0.39, 0.29) is 17.7 Å². The maximum absolute atomic E-state index is 12.6. The summed E-state index contributed by atoms with van der Waals surface area (Å²) >= 11 is 0. The van der Waals surface area contributed by atoms with Gasteiger partial charge in [-0.2, -0.15) is 0 Å². The topological polar surface area (TPSA) is 90.5 Å². The van der Waals surface area contributed by atoms with E-state index in [9.17, 15) is 14.4 Å². The van der Waals surface area contributed by atoms with Gasteiger partial charge in [-0.1, -0.05) is 38.1 Å². The fraction of sp³-hybridized carbons (Fsp3) is 0.348. The molecule has 0 unspecified atom stereocenters. The van der Waals surface area contributed by atoms with Crippen molar-refractivity contribution in [2.24, 2.45) is 0 Å². The normalized spacial score (nSPS) is 10.6. The first-order valence-corrected chi connectivity index (χ1v) is 10.1. The fourth-order valence-electron chi connectivity index (χ4n) is 3.06. The molecule has 2 aromatic rings. The molecule has 2 aromatic carbocycles. The molecule has 0 aliphatic heterocycles. The van der Waals surface area contributed by atoms with E-state index in [4.69, 9.17) is 0 Å². The van der Waals surface area contributed by atoms with Crippen LogP contribution >= 0.6 is 0 Å². The summed E-state index contributed by atoms with van der Waals surface area (Å²) in [6, 6.07) is 12.9. The Morgan fingerprint density at radius 2 is 1.30 bits per heavy atom. The monoisotopic (exact) mass is 410 g/mol. The lowest BCUT2D eigenvalue weighted by Crippen LogP contribution is -2.24. The van der Waals surface area contributed by atoms with Gasteiger partial charge in [-0.05, 0) is 42.4 Å². The van der Waals surface area contributed by atoms with Crippen LogP contribution in [-0.2, 0) is 22.7 Å². The quantitative estimate of drug-likeness (QED) is 0.591. The highest BCUT2D eigenvalue weighted by atomic mass is 16.2. The van der Waals surface area contributed by atoms with Crippen LogP contribution in [0.15, 0.2) is 42.5 Å². The molecular weight excluding hydrogens is 380 g/mol. The van der Waals surface area contributed by atoms with Crippen molar-refractivity contribution in [1.29, 1.82) is 0 Å². The van der Waals surface area contributed by atoms with Crippen LogP contribution in [0.3, 0.4) is 0 Å². The zero-order valence-corrected chi connectivity index (χ0v) is 18.0. The Hall–Kier alpha value is -3.19. The minimum Gasteiger partial charge on any atom is -0.348 e. The van der Waals surface area contributed by atoms with Crippen LogP contribution in [0.1, 0.15) is 49.2 Å². The van der Waals surface area contributed by atoms with Gasteiger partial charge >= 0.3 is 0 Å². The first-order chi connectivity index (χ1) is 14.3. The molecule has 7 heteroatoms. The number of rotatable bonds is 9. The molecule has 0 aliphatic carbocycles. The van der Waals surface area contributed by atoms with Crippen LogP contribution in [-0.4, -0.2) is 35.7 Å². The smallest absolute Gasteiger partial charge is 0.251 e. The number of nitrogens with one attached hydrogen (secondary N) is 3. The number of benzene rings is 2. The second-order valence-corrected chi connectivity index (χ2v) is 7.12. The predicted molar refractivity (Wildman–Crippen MR) is 119 cm³/mol. The van der Waals surface area contributed by atoms with E-state index in [1.807, 2.05) is 12.1 Å². The lowest BCUT2D eigenvalue weighted by molar-refractivity contribution is -0.115. The van der Waals surface area contributed by atoms with Crippen molar-refractivity contribution in [2.75, 3.05) is 23.7 Å². The van der Waals surface area contributed by atoms with E-state index in [1.54, 1.807) is 18.2 Å². The molecule has 3 N–H and O–H groups in total. The summed E-state index contributed by atoms with van der Waals surface area (Å²) in [5.74, 6) is -0.807. The average molecular weight is 411 g/mol. The van der Waals surface area contributed by atoms with Crippen LogP contribution in [0.2, 0.25) is 0 Å². The molecule has 0 bridgehead atoms. The van der Waals surface area contributed by atoms with Crippen LogP contribution in [0, 0.1) is 0 Å². The molecule has 3 amide bonds. The number of carbonyl (C=O) groups is 3. The fourth-order valence-corrected chi connectivity index (χ4v) is 3.06. The molecule has 160 valence electrons. The second kappa shape index (κ2) is 11.1. The Balaban J connectivity index is 2.06. The minimum absolute atomic E-state index is 0.258. The number of hydrogen-bond donors (Lipinski definition) is 3. The summed E-state index contributed by atoms with van der Waals surface area (Å²) in [6.45, 7) is 10.4. The molecule has 30 heavy (non-hydrogen) atoms. The summed E-state index contributed by atoms with van der Waals surface area (Å²) in [5.41, 5.74) is 3.46. The van der Waals surface area contributed by atoms with Crippen LogP contribution < -0.4 is 16.0 Å². The Morgan fingerprint density at radius 3 is 1.77 bits per heavy atom. The second-order valence-electron chi connectivity index (χ2n) is 7.12.